The SMILES string of the molecule is C[C@H](c1ccc(-c2ccc3nc(C4CC4)cc(C(=O)O)c3c2)cc1)N1CCOCC1. The highest BCUT2D eigenvalue weighted by molar-refractivity contribution is 6.03. The average Bonchev–Trinajstić information content (AvgIpc) is 3.64. The summed E-state index contributed by atoms with van der Waals surface area (Å²) in [5.41, 5.74) is 5.39. The largest absolute Gasteiger partial charge is 0.478 e. The van der Waals surface area contributed by atoms with Gasteiger partial charge in [-0.15, -0.1) is 0 Å². The second-order valence-electron chi connectivity index (χ2n) is 8.35. The monoisotopic (exact) mass is 402 g/mol. The zero-order valence-corrected chi connectivity index (χ0v) is 17.2. The van der Waals surface area contributed by atoms with E-state index >= 15 is 0 Å². The number of hydrogen-bond acceptors (Lipinski definition) is 4. The summed E-state index contributed by atoms with van der Waals surface area (Å²) in [5.74, 6) is -0.468. The number of carbonyl (C=O) groups is 1. The number of aromatic carboxylic acids is 1. The molecule has 1 atom stereocenters. The Labute approximate surface area is 176 Å². The van der Waals surface area contributed by atoms with E-state index in [0.717, 1.165) is 61.5 Å². The van der Waals surface area contributed by atoms with Gasteiger partial charge in [0, 0.05) is 36.1 Å². The highest BCUT2D eigenvalue weighted by Crippen LogP contribution is 2.40. The summed E-state index contributed by atoms with van der Waals surface area (Å²) in [5, 5.41) is 10.5. The molecule has 3 aromatic rings. The van der Waals surface area contributed by atoms with Gasteiger partial charge < -0.3 is 9.84 Å². The molecule has 0 unspecified atom stereocenters. The first-order valence-electron chi connectivity index (χ1n) is 10.7. The standard InChI is InChI=1S/C25H26N2O3/c1-16(27-10-12-30-13-11-27)17-2-4-18(5-3-17)20-8-9-23-21(14-20)22(25(28)29)15-24(26-23)19-6-7-19/h2-5,8-9,14-16,19H,6-7,10-13H2,1H3,(H,28,29)/t16-/m1/s1. The Kier molecular flexibility index (Phi) is 5.01. The second kappa shape index (κ2) is 7.82. The van der Waals surface area contributed by atoms with Gasteiger partial charge in [0.2, 0.25) is 0 Å². The van der Waals surface area contributed by atoms with Crippen molar-refractivity contribution in [3.8, 4) is 11.1 Å². The third kappa shape index (κ3) is 3.71. The van der Waals surface area contributed by atoms with Crippen molar-refractivity contribution in [3.63, 3.8) is 0 Å². The van der Waals surface area contributed by atoms with Crippen LogP contribution in [0, 0.1) is 0 Å². The van der Waals surface area contributed by atoms with Crippen molar-refractivity contribution in [2.24, 2.45) is 0 Å². The zero-order valence-electron chi connectivity index (χ0n) is 17.2. The summed E-state index contributed by atoms with van der Waals surface area (Å²) in [6, 6.07) is 16.7. The van der Waals surface area contributed by atoms with Gasteiger partial charge in [-0.1, -0.05) is 30.3 Å². The molecule has 1 aromatic heterocycles. The maximum atomic E-state index is 11.9. The van der Waals surface area contributed by atoms with Crippen molar-refractivity contribution < 1.29 is 14.6 Å². The lowest BCUT2D eigenvalue weighted by Gasteiger charge is -2.32. The molecule has 2 fully saturated rings. The van der Waals surface area contributed by atoms with Crippen LogP contribution in [0.5, 0.6) is 0 Å². The van der Waals surface area contributed by atoms with Crippen LogP contribution in [0.15, 0.2) is 48.5 Å². The van der Waals surface area contributed by atoms with Crippen LogP contribution in [0.2, 0.25) is 0 Å². The Balaban J connectivity index is 1.46. The Hall–Kier alpha value is -2.76. The number of ether oxygens (including phenoxy) is 1. The van der Waals surface area contributed by atoms with Gasteiger partial charge in [-0.25, -0.2) is 4.79 Å². The number of fused-ring (bicyclic) bond motifs is 1. The van der Waals surface area contributed by atoms with Crippen LogP contribution in [-0.4, -0.2) is 47.3 Å². The van der Waals surface area contributed by atoms with Gasteiger partial charge in [-0.3, -0.25) is 9.88 Å². The number of morpholine rings is 1. The number of pyridine rings is 1. The van der Waals surface area contributed by atoms with Gasteiger partial charge in [-0.05, 0) is 54.7 Å². The lowest BCUT2D eigenvalue weighted by atomic mass is 9.97. The van der Waals surface area contributed by atoms with Crippen LogP contribution in [0.1, 0.15) is 53.3 Å². The maximum absolute atomic E-state index is 11.9. The first-order chi connectivity index (χ1) is 14.6. The fraction of sp³-hybridized carbons (Fsp3) is 0.360. The van der Waals surface area contributed by atoms with Crippen LogP contribution in [0.3, 0.4) is 0 Å². The minimum atomic E-state index is -0.892. The third-order valence-corrected chi connectivity index (χ3v) is 6.37. The first kappa shape index (κ1) is 19.2. The predicted octanol–water partition coefficient (Wildman–Crippen LogP) is 4.87. The first-order valence-corrected chi connectivity index (χ1v) is 10.7. The molecule has 0 amide bonds. The Morgan fingerprint density at radius 3 is 2.43 bits per heavy atom. The van der Waals surface area contributed by atoms with E-state index in [1.54, 1.807) is 6.07 Å². The molecule has 1 saturated carbocycles. The van der Waals surface area contributed by atoms with Crippen LogP contribution >= 0.6 is 0 Å². The lowest BCUT2D eigenvalue weighted by molar-refractivity contribution is 0.0198. The van der Waals surface area contributed by atoms with E-state index in [4.69, 9.17) is 9.72 Å². The highest BCUT2D eigenvalue weighted by atomic mass is 16.5. The number of carboxylic acids is 1. The Bertz CT molecular complexity index is 1080. The molecule has 5 nitrogen and oxygen atoms in total. The molecule has 1 aliphatic heterocycles. The molecule has 5 heteroatoms. The molecule has 1 saturated heterocycles. The van der Waals surface area contributed by atoms with E-state index < -0.39 is 5.97 Å². The molecule has 5 rings (SSSR count). The van der Waals surface area contributed by atoms with Gasteiger partial charge in [0.15, 0.2) is 0 Å². The molecule has 30 heavy (non-hydrogen) atoms. The number of carboxylic acid groups (broad SMARTS) is 1. The summed E-state index contributed by atoms with van der Waals surface area (Å²) in [6.07, 6.45) is 2.20. The molecule has 1 aliphatic carbocycles. The Morgan fingerprint density at radius 2 is 1.77 bits per heavy atom. The Morgan fingerprint density at radius 1 is 1.07 bits per heavy atom. The topological polar surface area (TPSA) is 62.7 Å². The van der Waals surface area contributed by atoms with E-state index in [-0.39, 0.29) is 0 Å². The maximum Gasteiger partial charge on any atom is 0.336 e. The van der Waals surface area contributed by atoms with Gasteiger partial charge >= 0.3 is 5.97 Å². The lowest BCUT2D eigenvalue weighted by Crippen LogP contribution is -2.37. The minimum Gasteiger partial charge on any atom is -0.478 e. The average molecular weight is 402 g/mol. The van der Waals surface area contributed by atoms with E-state index in [2.05, 4.69) is 36.1 Å². The molecule has 0 bridgehead atoms. The van der Waals surface area contributed by atoms with Gasteiger partial charge in [-0.2, -0.15) is 0 Å². The van der Waals surface area contributed by atoms with Crippen molar-refractivity contribution in [1.29, 1.82) is 0 Å². The summed E-state index contributed by atoms with van der Waals surface area (Å²) in [6.45, 7) is 5.74. The normalized spacial score (nSPS) is 18.4. The summed E-state index contributed by atoms with van der Waals surface area (Å²) in [4.78, 5) is 19.1. The molecule has 2 aromatic carbocycles. The van der Waals surface area contributed by atoms with Gasteiger partial charge in [0.1, 0.15) is 0 Å². The highest BCUT2D eigenvalue weighted by Gasteiger charge is 2.27. The fourth-order valence-electron chi connectivity index (χ4n) is 4.32. The molecule has 2 aliphatic rings. The number of hydrogen-bond donors (Lipinski definition) is 1. The molecule has 0 radical (unpaired) electrons. The molecule has 0 spiro atoms. The summed E-state index contributed by atoms with van der Waals surface area (Å²) < 4.78 is 5.46. The quantitative estimate of drug-likeness (QED) is 0.660. The zero-order chi connectivity index (χ0) is 20.7. The van der Waals surface area contributed by atoms with Crippen molar-refractivity contribution >= 4 is 16.9 Å². The smallest absolute Gasteiger partial charge is 0.336 e. The van der Waals surface area contributed by atoms with Crippen LogP contribution in [0.4, 0.5) is 0 Å². The second-order valence-corrected chi connectivity index (χ2v) is 8.35. The fourth-order valence-corrected chi connectivity index (χ4v) is 4.32. The van der Waals surface area contributed by atoms with E-state index in [0.29, 0.717) is 22.9 Å². The molecule has 154 valence electrons. The van der Waals surface area contributed by atoms with Gasteiger partial charge in [0.05, 0.1) is 24.3 Å². The van der Waals surface area contributed by atoms with E-state index in [1.165, 1.54) is 5.56 Å². The number of rotatable bonds is 5. The van der Waals surface area contributed by atoms with Crippen LogP contribution in [-0.2, 0) is 4.74 Å². The molecular formula is C25H26N2O3. The summed E-state index contributed by atoms with van der Waals surface area (Å²) in [7, 11) is 0. The van der Waals surface area contributed by atoms with Crippen molar-refractivity contribution in [1.82, 2.24) is 9.88 Å². The van der Waals surface area contributed by atoms with Crippen molar-refractivity contribution in [2.45, 2.75) is 31.7 Å². The van der Waals surface area contributed by atoms with Crippen molar-refractivity contribution in [2.75, 3.05) is 26.3 Å². The van der Waals surface area contributed by atoms with E-state index in [9.17, 15) is 9.90 Å². The number of benzene rings is 2. The van der Waals surface area contributed by atoms with Crippen molar-refractivity contribution in [3.05, 3.63) is 65.4 Å². The van der Waals surface area contributed by atoms with E-state index in [1.807, 2.05) is 18.2 Å². The molecule has 2 heterocycles. The minimum absolute atomic E-state index is 0.348. The third-order valence-electron chi connectivity index (χ3n) is 6.37. The predicted molar refractivity (Wildman–Crippen MR) is 117 cm³/mol. The van der Waals surface area contributed by atoms with Gasteiger partial charge in [0.25, 0.3) is 0 Å². The molecular weight excluding hydrogens is 376 g/mol. The number of nitrogens with zero attached hydrogens (tertiary/aromatic N) is 2. The molecule has 1 N–H and O–H groups in total. The van der Waals surface area contributed by atoms with Crippen LogP contribution in [0.25, 0.3) is 22.0 Å². The summed E-state index contributed by atoms with van der Waals surface area (Å²) >= 11 is 0. The van der Waals surface area contributed by atoms with Crippen LogP contribution < -0.4 is 0 Å². The number of aromatic nitrogens is 1.